The van der Waals surface area contributed by atoms with Crippen LogP contribution < -0.4 is 5.32 Å². The number of sulfone groups is 1. The Labute approximate surface area is 92.3 Å². The zero-order valence-electron chi connectivity index (χ0n) is 9.37. The van der Waals surface area contributed by atoms with E-state index in [1.165, 1.54) is 19.1 Å². The number of ether oxygens (including phenoxy) is 1. The standard InChI is InChI=1S/C10H21NO3S/c1-15(12,13)7-3-6-14-9-10-4-2-5-11-8-10/h10-11H,2-9H2,1H3. The average molecular weight is 235 g/mol. The topological polar surface area (TPSA) is 55.4 Å². The molecule has 0 aromatic carbocycles. The smallest absolute Gasteiger partial charge is 0.147 e. The molecular formula is C10H21NO3S. The van der Waals surface area contributed by atoms with E-state index in [0.29, 0.717) is 18.9 Å². The highest BCUT2D eigenvalue weighted by Crippen LogP contribution is 2.09. The summed E-state index contributed by atoms with van der Waals surface area (Å²) in [6.07, 6.45) is 4.31. The number of hydrogen-bond donors (Lipinski definition) is 1. The molecule has 1 atom stereocenters. The van der Waals surface area contributed by atoms with Crippen LogP contribution in [0.2, 0.25) is 0 Å². The van der Waals surface area contributed by atoms with Gasteiger partial charge in [0.1, 0.15) is 9.84 Å². The van der Waals surface area contributed by atoms with E-state index in [1.54, 1.807) is 0 Å². The van der Waals surface area contributed by atoms with E-state index in [2.05, 4.69) is 5.32 Å². The molecule has 0 aliphatic carbocycles. The maximum absolute atomic E-state index is 10.8. The summed E-state index contributed by atoms with van der Waals surface area (Å²) in [5.41, 5.74) is 0. The third kappa shape index (κ3) is 6.87. The summed E-state index contributed by atoms with van der Waals surface area (Å²) in [7, 11) is -2.82. The Morgan fingerprint density at radius 1 is 1.47 bits per heavy atom. The molecule has 1 saturated heterocycles. The molecule has 1 N–H and O–H groups in total. The second-order valence-electron chi connectivity index (χ2n) is 4.27. The van der Waals surface area contributed by atoms with Crippen molar-refractivity contribution < 1.29 is 13.2 Å². The molecule has 1 aliphatic rings. The molecule has 0 amide bonds. The van der Waals surface area contributed by atoms with Gasteiger partial charge in [-0.15, -0.1) is 0 Å². The van der Waals surface area contributed by atoms with Gasteiger partial charge in [-0.05, 0) is 31.7 Å². The molecule has 0 bridgehead atoms. The van der Waals surface area contributed by atoms with Crippen LogP contribution >= 0.6 is 0 Å². The van der Waals surface area contributed by atoms with Gasteiger partial charge in [0.15, 0.2) is 0 Å². The highest BCUT2D eigenvalue weighted by atomic mass is 32.2. The largest absolute Gasteiger partial charge is 0.381 e. The number of nitrogens with one attached hydrogen (secondary N) is 1. The third-order valence-corrected chi connectivity index (χ3v) is 3.59. The number of hydrogen-bond acceptors (Lipinski definition) is 4. The van der Waals surface area contributed by atoms with Gasteiger partial charge in [-0.3, -0.25) is 0 Å². The normalized spacial score (nSPS) is 22.9. The Kier molecular flexibility index (Phi) is 5.56. The summed E-state index contributed by atoms with van der Waals surface area (Å²) in [5.74, 6) is 0.840. The summed E-state index contributed by atoms with van der Waals surface area (Å²) in [5, 5.41) is 3.32. The van der Waals surface area contributed by atoms with Crippen molar-refractivity contribution in [3.8, 4) is 0 Å². The maximum Gasteiger partial charge on any atom is 0.147 e. The number of piperidine rings is 1. The molecular weight excluding hydrogens is 214 g/mol. The minimum Gasteiger partial charge on any atom is -0.381 e. The zero-order chi connectivity index (χ0) is 11.1. The molecule has 4 nitrogen and oxygen atoms in total. The minimum atomic E-state index is -2.82. The lowest BCUT2D eigenvalue weighted by Crippen LogP contribution is -2.32. The van der Waals surface area contributed by atoms with Crippen molar-refractivity contribution in [2.75, 3.05) is 38.3 Å². The highest BCUT2D eigenvalue weighted by Gasteiger charge is 2.12. The second-order valence-corrected chi connectivity index (χ2v) is 6.53. The van der Waals surface area contributed by atoms with Gasteiger partial charge in [-0.25, -0.2) is 8.42 Å². The predicted octanol–water partition coefficient (Wildman–Crippen LogP) is 0.437. The van der Waals surface area contributed by atoms with E-state index in [1.807, 2.05) is 0 Å². The maximum atomic E-state index is 10.8. The third-order valence-electron chi connectivity index (χ3n) is 2.56. The Balaban J connectivity index is 1.96. The van der Waals surface area contributed by atoms with Crippen LogP contribution in [-0.4, -0.2) is 46.7 Å². The van der Waals surface area contributed by atoms with E-state index in [0.717, 1.165) is 19.7 Å². The molecule has 90 valence electrons. The van der Waals surface area contributed by atoms with Crippen LogP contribution in [0.15, 0.2) is 0 Å². The van der Waals surface area contributed by atoms with Crippen molar-refractivity contribution in [2.24, 2.45) is 5.92 Å². The fourth-order valence-electron chi connectivity index (χ4n) is 1.74. The monoisotopic (exact) mass is 235 g/mol. The van der Waals surface area contributed by atoms with Crippen molar-refractivity contribution in [1.82, 2.24) is 5.32 Å². The van der Waals surface area contributed by atoms with Crippen molar-refractivity contribution in [2.45, 2.75) is 19.3 Å². The molecule has 0 saturated carbocycles. The van der Waals surface area contributed by atoms with Crippen LogP contribution in [-0.2, 0) is 14.6 Å². The van der Waals surface area contributed by atoms with Crippen LogP contribution in [0.5, 0.6) is 0 Å². The van der Waals surface area contributed by atoms with Crippen LogP contribution in [0.4, 0.5) is 0 Å². The highest BCUT2D eigenvalue weighted by molar-refractivity contribution is 7.90. The van der Waals surface area contributed by atoms with E-state index < -0.39 is 9.84 Å². The lowest BCUT2D eigenvalue weighted by molar-refractivity contribution is 0.0907. The Hall–Kier alpha value is -0.130. The van der Waals surface area contributed by atoms with Gasteiger partial charge in [-0.2, -0.15) is 0 Å². The molecule has 1 fully saturated rings. The van der Waals surface area contributed by atoms with Gasteiger partial charge in [0.2, 0.25) is 0 Å². The average Bonchev–Trinajstić information content (AvgIpc) is 2.17. The predicted molar refractivity (Wildman–Crippen MR) is 60.7 cm³/mol. The summed E-state index contributed by atoms with van der Waals surface area (Å²) in [4.78, 5) is 0. The number of rotatable bonds is 6. The van der Waals surface area contributed by atoms with Crippen LogP contribution in [0.3, 0.4) is 0 Å². The Morgan fingerprint density at radius 3 is 2.87 bits per heavy atom. The SMILES string of the molecule is CS(=O)(=O)CCCOCC1CCCNC1. The second kappa shape index (κ2) is 6.45. The van der Waals surface area contributed by atoms with E-state index in [4.69, 9.17) is 4.74 Å². The fraction of sp³-hybridized carbons (Fsp3) is 1.00. The first kappa shape index (κ1) is 12.9. The Morgan fingerprint density at radius 2 is 2.27 bits per heavy atom. The molecule has 0 spiro atoms. The van der Waals surface area contributed by atoms with Crippen LogP contribution in [0.25, 0.3) is 0 Å². The molecule has 15 heavy (non-hydrogen) atoms. The van der Waals surface area contributed by atoms with E-state index >= 15 is 0 Å². The molecule has 0 aromatic heterocycles. The Bertz CT molecular complexity index is 258. The first-order chi connectivity index (χ1) is 7.08. The van der Waals surface area contributed by atoms with Crippen molar-refractivity contribution in [3.63, 3.8) is 0 Å². The van der Waals surface area contributed by atoms with Gasteiger partial charge >= 0.3 is 0 Å². The molecule has 1 aliphatic heterocycles. The molecule has 0 aromatic rings. The fourth-order valence-corrected chi connectivity index (χ4v) is 2.38. The first-order valence-corrected chi connectivity index (χ1v) is 7.60. The van der Waals surface area contributed by atoms with Gasteiger partial charge in [0.05, 0.1) is 12.4 Å². The molecule has 1 heterocycles. The van der Waals surface area contributed by atoms with E-state index in [-0.39, 0.29) is 5.75 Å². The lowest BCUT2D eigenvalue weighted by atomic mass is 10.0. The van der Waals surface area contributed by atoms with E-state index in [9.17, 15) is 8.42 Å². The molecule has 5 heteroatoms. The van der Waals surface area contributed by atoms with Crippen molar-refractivity contribution in [1.29, 1.82) is 0 Å². The first-order valence-electron chi connectivity index (χ1n) is 5.54. The summed E-state index contributed by atoms with van der Waals surface area (Å²) in [6.45, 7) is 3.47. The lowest BCUT2D eigenvalue weighted by Gasteiger charge is -2.22. The summed E-state index contributed by atoms with van der Waals surface area (Å²) < 4.78 is 27.1. The molecule has 0 radical (unpaired) electrons. The quantitative estimate of drug-likeness (QED) is 0.679. The minimum absolute atomic E-state index is 0.232. The summed E-state index contributed by atoms with van der Waals surface area (Å²) in [6, 6.07) is 0. The van der Waals surface area contributed by atoms with Crippen LogP contribution in [0.1, 0.15) is 19.3 Å². The molecule has 1 unspecified atom stereocenters. The van der Waals surface area contributed by atoms with Gasteiger partial charge in [0, 0.05) is 19.4 Å². The zero-order valence-corrected chi connectivity index (χ0v) is 10.2. The van der Waals surface area contributed by atoms with Crippen molar-refractivity contribution in [3.05, 3.63) is 0 Å². The summed E-state index contributed by atoms with van der Waals surface area (Å²) >= 11 is 0. The molecule has 1 rings (SSSR count). The van der Waals surface area contributed by atoms with Gasteiger partial charge in [0.25, 0.3) is 0 Å². The van der Waals surface area contributed by atoms with Gasteiger partial charge < -0.3 is 10.1 Å². The van der Waals surface area contributed by atoms with Crippen LogP contribution in [0, 0.1) is 5.92 Å². The van der Waals surface area contributed by atoms with Crippen molar-refractivity contribution >= 4 is 9.84 Å². The van der Waals surface area contributed by atoms with Gasteiger partial charge in [-0.1, -0.05) is 0 Å².